The molecule has 0 aromatic heterocycles. The van der Waals surface area contributed by atoms with Gasteiger partial charge in [0.15, 0.2) is 17.2 Å². The highest BCUT2D eigenvalue weighted by Crippen LogP contribution is 2.25. The lowest BCUT2D eigenvalue weighted by molar-refractivity contribution is -0.157. The summed E-state index contributed by atoms with van der Waals surface area (Å²) in [4.78, 5) is 14.2. The predicted molar refractivity (Wildman–Crippen MR) is 98.8 cm³/mol. The fourth-order valence-corrected chi connectivity index (χ4v) is 3.47. The summed E-state index contributed by atoms with van der Waals surface area (Å²) in [5.74, 6) is -2.33. The Morgan fingerprint density at radius 2 is 1.89 bits per heavy atom. The van der Waals surface area contributed by atoms with Crippen molar-refractivity contribution in [3.63, 3.8) is 0 Å². The Kier molecular flexibility index (Phi) is 5.87. The summed E-state index contributed by atoms with van der Waals surface area (Å²) in [6.45, 7) is 3.02. The first-order valence-electron chi connectivity index (χ1n) is 9.10. The first-order chi connectivity index (χ1) is 12.9. The van der Waals surface area contributed by atoms with Gasteiger partial charge in [-0.25, -0.2) is 8.78 Å². The van der Waals surface area contributed by atoms with E-state index in [2.05, 4.69) is 5.32 Å². The maximum Gasteiger partial charge on any atom is 0.256 e. The summed E-state index contributed by atoms with van der Waals surface area (Å²) in [5, 5.41) is 14.0. The second kappa shape index (κ2) is 8.15. The van der Waals surface area contributed by atoms with Crippen LogP contribution in [0.4, 0.5) is 8.78 Å². The van der Waals surface area contributed by atoms with E-state index in [1.807, 2.05) is 31.2 Å². The van der Waals surface area contributed by atoms with Gasteiger partial charge in [-0.05, 0) is 37.0 Å². The van der Waals surface area contributed by atoms with Crippen molar-refractivity contribution in [3.8, 4) is 0 Å². The zero-order valence-electron chi connectivity index (χ0n) is 15.3. The van der Waals surface area contributed by atoms with Crippen molar-refractivity contribution in [2.24, 2.45) is 0 Å². The minimum absolute atomic E-state index is 0.0530. The Balaban J connectivity index is 1.64. The number of aryl methyl sites for hydroxylation is 1. The SMILES string of the molecule is Cc1ccccc1CNC[C@]1(O)CCCN(Cc2cccc(F)c2F)C1=O. The van der Waals surface area contributed by atoms with Crippen LogP contribution in [0.5, 0.6) is 0 Å². The van der Waals surface area contributed by atoms with Gasteiger partial charge in [0.05, 0.1) is 0 Å². The molecule has 0 bridgehead atoms. The molecule has 6 heteroatoms. The van der Waals surface area contributed by atoms with Crippen LogP contribution < -0.4 is 5.32 Å². The third-order valence-electron chi connectivity index (χ3n) is 5.09. The van der Waals surface area contributed by atoms with Gasteiger partial charge in [-0.2, -0.15) is 0 Å². The van der Waals surface area contributed by atoms with Gasteiger partial charge in [0.25, 0.3) is 5.91 Å². The molecule has 3 rings (SSSR count). The van der Waals surface area contributed by atoms with E-state index in [0.717, 1.165) is 17.2 Å². The number of rotatable bonds is 6. The molecule has 0 aliphatic carbocycles. The lowest BCUT2D eigenvalue weighted by Gasteiger charge is -2.38. The lowest BCUT2D eigenvalue weighted by Crippen LogP contribution is -2.57. The van der Waals surface area contributed by atoms with E-state index in [0.29, 0.717) is 25.9 Å². The maximum absolute atomic E-state index is 13.9. The van der Waals surface area contributed by atoms with E-state index in [4.69, 9.17) is 0 Å². The summed E-state index contributed by atoms with van der Waals surface area (Å²) < 4.78 is 27.3. The molecule has 2 N–H and O–H groups in total. The van der Waals surface area contributed by atoms with E-state index in [1.165, 1.54) is 17.0 Å². The van der Waals surface area contributed by atoms with Crippen molar-refractivity contribution in [2.75, 3.05) is 13.1 Å². The standard InChI is InChI=1S/C21H24F2N2O2/c1-15-6-2-3-7-16(15)12-24-14-21(27)10-5-11-25(20(21)26)13-17-8-4-9-18(22)19(17)23/h2-4,6-9,24,27H,5,10-14H2,1H3/t21-/m1/s1. The Labute approximate surface area is 157 Å². The van der Waals surface area contributed by atoms with Gasteiger partial charge in [-0.1, -0.05) is 36.4 Å². The average Bonchev–Trinajstić information content (AvgIpc) is 2.64. The maximum atomic E-state index is 13.9. The molecule has 0 spiro atoms. The van der Waals surface area contributed by atoms with Crippen LogP contribution in [0.1, 0.15) is 29.5 Å². The predicted octanol–water partition coefficient (Wildman–Crippen LogP) is 2.92. The van der Waals surface area contributed by atoms with Gasteiger partial charge in [-0.3, -0.25) is 4.79 Å². The number of nitrogens with zero attached hydrogens (tertiary/aromatic N) is 1. The summed E-state index contributed by atoms with van der Waals surface area (Å²) >= 11 is 0. The van der Waals surface area contributed by atoms with E-state index < -0.39 is 23.1 Å². The zero-order valence-corrected chi connectivity index (χ0v) is 15.3. The highest BCUT2D eigenvalue weighted by atomic mass is 19.2. The fourth-order valence-electron chi connectivity index (χ4n) is 3.47. The van der Waals surface area contributed by atoms with Crippen LogP contribution >= 0.6 is 0 Å². The number of carbonyl (C=O) groups excluding carboxylic acids is 1. The molecule has 1 amide bonds. The number of amides is 1. The van der Waals surface area contributed by atoms with Gasteiger partial charge in [0.2, 0.25) is 0 Å². The van der Waals surface area contributed by atoms with Crippen LogP contribution in [0.15, 0.2) is 42.5 Å². The Morgan fingerprint density at radius 1 is 1.15 bits per heavy atom. The van der Waals surface area contributed by atoms with E-state index in [-0.39, 0.29) is 18.7 Å². The lowest BCUT2D eigenvalue weighted by atomic mass is 9.91. The van der Waals surface area contributed by atoms with Crippen molar-refractivity contribution in [1.29, 1.82) is 0 Å². The molecule has 1 fully saturated rings. The van der Waals surface area contributed by atoms with Crippen molar-refractivity contribution in [1.82, 2.24) is 10.2 Å². The minimum Gasteiger partial charge on any atom is -0.379 e. The van der Waals surface area contributed by atoms with Gasteiger partial charge in [0.1, 0.15) is 0 Å². The minimum atomic E-state index is -1.54. The fraction of sp³-hybridized carbons (Fsp3) is 0.381. The summed E-state index contributed by atoms with van der Waals surface area (Å²) in [6.07, 6.45) is 0.944. The average molecular weight is 374 g/mol. The summed E-state index contributed by atoms with van der Waals surface area (Å²) in [5.41, 5.74) is 0.809. The molecular formula is C21H24F2N2O2. The molecular weight excluding hydrogens is 350 g/mol. The third kappa shape index (κ3) is 4.34. The highest BCUT2D eigenvalue weighted by molar-refractivity contribution is 5.86. The van der Waals surface area contributed by atoms with Crippen LogP contribution in [-0.4, -0.2) is 34.6 Å². The van der Waals surface area contributed by atoms with Crippen molar-refractivity contribution in [3.05, 3.63) is 70.8 Å². The number of aliphatic hydroxyl groups is 1. The normalized spacial score (nSPS) is 20.1. The van der Waals surface area contributed by atoms with Crippen LogP contribution in [0.3, 0.4) is 0 Å². The van der Waals surface area contributed by atoms with Gasteiger partial charge < -0.3 is 15.3 Å². The Bertz CT molecular complexity index is 828. The number of piperidine rings is 1. The second-order valence-corrected chi connectivity index (χ2v) is 7.10. The molecule has 1 aliphatic heterocycles. The number of hydrogen-bond acceptors (Lipinski definition) is 3. The van der Waals surface area contributed by atoms with Crippen molar-refractivity contribution >= 4 is 5.91 Å². The molecule has 2 aromatic rings. The molecule has 1 saturated heterocycles. The Morgan fingerprint density at radius 3 is 2.67 bits per heavy atom. The zero-order chi connectivity index (χ0) is 19.4. The van der Waals surface area contributed by atoms with Crippen LogP contribution in [0.25, 0.3) is 0 Å². The smallest absolute Gasteiger partial charge is 0.256 e. The molecule has 1 heterocycles. The van der Waals surface area contributed by atoms with Crippen molar-refractivity contribution in [2.45, 2.75) is 38.5 Å². The summed E-state index contributed by atoms with van der Waals surface area (Å²) in [6, 6.07) is 11.8. The molecule has 0 saturated carbocycles. The van der Waals surface area contributed by atoms with Gasteiger partial charge in [-0.15, -0.1) is 0 Å². The first kappa shape index (κ1) is 19.5. The highest BCUT2D eigenvalue weighted by Gasteiger charge is 2.41. The number of benzene rings is 2. The first-order valence-corrected chi connectivity index (χ1v) is 9.10. The molecule has 27 heavy (non-hydrogen) atoms. The molecule has 1 aliphatic rings. The molecule has 4 nitrogen and oxygen atoms in total. The van der Waals surface area contributed by atoms with Gasteiger partial charge in [0, 0.05) is 31.7 Å². The van der Waals surface area contributed by atoms with Crippen LogP contribution in [0, 0.1) is 18.6 Å². The number of likely N-dealkylation sites (tertiary alicyclic amines) is 1. The van der Waals surface area contributed by atoms with E-state index in [9.17, 15) is 18.7 Å². The third-order valence-corrected chi connectivity index (χ3v) is 5.09. The molecule has 0 radical (unpaired) electrons. The van der Waals surface area contributed by atoms with E-state index in [1.54, 1.807) is 0 Å². The number of carbonyl (C=O) groups is 1. The molecule has 144 valence electrons. The topological polar surface area (TPSA) is 52.6 Å². The number of nitrogens with one attached hydrogen (secondary N) is 1. The monoisotopic (exact) mass is 374 g/mol. The number of halogens is 2. The largest absolute Gasteiger partial charge is 0.379 e. The van der Waals surface area contributed by atoms with Gasteiger partial charge >= 0.3 is 0 Å². The van der Waals surface area contributed by atoms with Crippen molar-refractivity contribution < 1.29 is 18.7 Å². The second-order valence-electron chi connectivity index (χ2n) is 7.10. The quantitative estimate of drug-likeness (QED) is 0.818. The Hall–Kier alpha value is -2.31. The van der Waals surface area contributed by atoms with Crippen LogP contribution in [0.2, 0.25) is 0 Å². The number of hydrogen-bond donors (Lipinski definition) is 2. The van der Waals surface area contributed by atoms with Crippen LogP contribution in [-0.2, 0) is 17.9 Å². The van der Waals surface area contributed by atoms with E-state index >= 15 is 0 Å². The molecule has 1 atom stereocenters. The molecule has 0 unspecified atom stereocenters. The molecule has 2 aromatic carbocycles. The summed E-state index contributed by atoms with van der Waals surface area (Å²) in [7, 11) is 0.